The van der Waals surface area contributed by atoms with Gasteiger partial charge in [0.1, 0.15) is 11.5 Å². The van der Waals surface area contributed by atoms with Crippen LogP contribution in [0, 0.1) is 11.8 Å². The predicted molar refractivity (Wildman–Crippen MR) is 106 cm³/mol. The summed E-state index contributed by atoms with van der Waals surface area (Å²) in [6.45, 7) is 4.53. The molecule has 3 N–H and O–H groups in total. The molecule has 144 valence electrons. The summed E-state index contributed by atoms with van der Waals surface area (Å²) in [6.07, 6.45) is 3.75. The number of thiocarbonyl (C=S) groups is 1. The maximum atomic E-state index is 12.2. The second-order valence-electron chi connectivity index (χ2n) is 6.87. The molecule has 1 aliphatic carbocycles. The number of methoxy groups -OCH3 is 2. The molecule has 1 aliphatic rings. The molecular weight excluding hydrogens is 350 g/mol. The van der Waals surface area contributed by atoms with Gasteiger partial charge in [-0.25, -0.2) is 0 Å². The maximum absolute atomic E-state index is 12.2. The van der Waals surface area contributed by atoms with E-state index in [1.807, 2.05) is 6.07 Å². The van der Waals surface area contributed by atoms with Gasteiger partial charge in [0.25, 0.3) is 0 Å². The number of hydrogen-bond donors (Lipinski definition) is 3. The lowest BCUT2D eigenvalue weighted by molar-refractivity contribution is -0.121. The van der Waals surface area contributed by atoms with E-state index in [0.29, 0.717) is 34.5 Å². The lowest BCUT2D eigenvalue weighted by atomic mass is 9.78. The largest absolute Gasteiger partial charge is 0.497 e. The molecular formula is C19H29N3O3S. The molecule has 1 amide bonds. The summed E-state index contributed by atoms with van der Waals surface area (Å²) in [5.74, 6) is 2.35. The number of benzene rings is 1. The number of amides is 1. The Morgan fingerprint density at radius 3 is 2.65 bits per heavy atom. The topological polar surface area (TPSA) is 71.6 Å². The van der Waals surface area contributed by atoms with E-state index >= 15 is 0 Å². The standard InChI is InChI=1S/C19H29N3O3S/c1-12-6-5-7-16(13(12)2)20-19(26)22-21-18(23)10-14-8-9-15(24-3)11-17(14)25-4/h8-9,11-13,16H,5-7,10H2,1-4H3,(H,21,23)(H2,20,22,26)/t12-,13+,16+/m0/s1. The first-order valence-corrected chi connectivity index (χ1v) is 9.41. The van der Waals surface area contributed by atoms with Crippen LogP contribution in [0.3, 0.4) is 0 Å². The summed E-state index contributed by atoms with van der Waals surface area (Å²) in [4.78, 5) is 12.2. The van der Waals surface area contributed by atoms with E-state index in [-0.39, 0.29) is 12.3 Å². The van der Waals surface area contributed by atoms with Crippen molar-refractivity contribution in [2.75, 3.05) is 14.2 Å². The van der Waals surface area contributed by atoms with Crippen LogP contribution in [-0.2, 0) is 11.2 Å². The van der Waals surface area contributed by atoms with Crippen LogP contribution in [0.15, 0.2) is 18.2 Å². The number of hydrazine groups is 1. The first kappa shape index (κ1) is 20.3. The van der Waals surface area contributed by atoms with E-state index < -0.39 is 0 Å². The number of hydrogen-bond acceptors (Lipinski definition) is 4. The Morgan fingerprint density at radius 2 is 1.96 bits per heavy atom. The Kier molecular flexibility index (Phi) is 7.50. The number of carbonyl (C=O) groups is 1. The molecule has 1 aromatic rings. The van der Waals surface area contributed by atoms with Crippen molar-refractivity contribution >= 4 is 23.2 Å². The summed E-state index contributed by atoms with van der Waals surface area (Å²) >= 11 is 5.31. The van der Waals surface area contributed by atoms with E-state index in [2.05, 4.69) is 30.0 Å². The van der Waals surface area contributed by atoms with Gasteiger partial charge in [-0.2, -0.15) is 0 Å². The Labute approximate surface area is 161 Å². The van der Waals surface area contributed by atoms with Crippen LogP contribution in [0.2, 0.25) is 0 Å². The smallest absolute Gasteiger partial charge is 0.242 e. The average Bonchev–Trinajstić information content (AvgIpc) is 2.64. The fraction of sp³-hybridized carbons (Fsp3) is 0.579. The van der Waals surface area contributed by atoms with Gasteiger partial charge in [-0.05, 0) is 36.5 Å². The summed E-state index contributed by atoms with van der Waals surface area (Å²) < 4.78 is 10.5. The monoisotopic (exact) mass is 379 g/mol. The normalized spacial score (nSPS) is 22.2. The van der Waals surface area contributed by atoms with Crippen molar-refractivity contribution in [1.29, 1.82) is 0 Å². The number of ether oxygens (including phenoxy) is 2. The van der Waals surface area contributed by atoms with Crippen LogP contribution in [-0.4, -0.2) is 31.3 Å². The van der Waals surface area contributed by atoms with Crippen molar-refractivity contribution in [2.24, 2.45) is 11.8 Å². The molecule has 26 heavy (non-hydrogen) atoms. The van der Waals surface area contributed by atoms with E-state index in [1.54, 1.807) is 26.4 Å². The van der Waals surface area contributed by atoms with Gasteiger partial charge in [-0.1, -0.05) is 32.8 Å². The SMILES string of the molecule is COc1ccc(CC(=O)NNC(=S)N[C@@H]2CCC[C@H](C)[C@H]2C)c(OC)c1. The molecule has 0 radical (unpaired) electrons. The van der Waals surface area contributed by atoms with Gasteiger partial charge in [-0.3, -0.25) is 15.6 Å². The Balaban J connectivity index is 1.82. The van der Waals surface area contributed by atoms with Crippen LogP contribution in [0.5, 0.6) is 11.5 Å². The first-order valence-electron chi connectivity index (χ1n) is 9.00. The fourth-order valence-corrected chi connectivity index (χ4v) is 3.53. The van der Waals surface area contributed by atoms with Crippen LogP contribution in [0.25, 0.3) is 0 Å². The van der Waals surface area contributed by atoms with Crippen LogP contribution >= 0.6 is 12.2 Å². The third-order valence-corrected chi connectivity index (χ3v) is 5.40. The summed E-state index contributed by atoms with van der Waals surface area (Å²) in [6, 6.07) is 5.72. The molecule has 0 spiro atoms. The predicted octanol–water partition coefficient (Wildman–Crippen LogP) is 2.57. The molecule has 0 aromatic heterocycles. The molecule has 0 unspecified atom stereocenters. The molecule has 2 rings (SSSR count). The highest BCUT2D eigenvalue weighted by atomic mass is 32.1. The van der Waals surface area contributed by atoms with Crippen molar-refractivity contribution in [3.8, 4) is 11.5 Å². The quantitative estimate of drug-likeness (QED) is 0.540. The van der Waals surface area contributed by atoms with Gasteiger partial charge in [0, 0.05) is 17.7 Å². The summed E-state index contributed by atoms with van der Waals surface area (Å²) in [5.41, 5.74) is 6.23. The number of rotatable bonds is 5. The highest BCUT2D eigenvalue weighted by Crippen LogP contribution is 2.29. The molecule has 0 bridgehead atoms. The van der Waals surface area contributed by atoms with Crippen molar-refractivity contribution in [3.63, 3.8) is 0 Å². The lowest BCUT2D eigenvalue weighted by Crippen LogP contribution is -2.52. The van der Waals surface area contributed by atoms with E-state index in [1.165, 1.54) is 12.8 Å². The lowest BCUT2D eigenvalue weighted by Gasteiger charge is -2.35. The van der Waals surface area contributed by atoms with Crippen molar-refractivity contribution in [1.82, 2.24) is 16.2 Å². The van der Waals surface area contributed by atoms with Gasteiger partial charge in [0.2, 0.25) is 5.91 Å². The molecule has 0 saturated heterocycles. The minimum absolute atomic E-state index is 0.180. The second kappa shape index (κ2) is 9.62. The van der Waals surface area contributed by atoms with Crippen LogP contribution in [0.1, 0.15) is 38.7 Å². The minimum Gasteiger partial charge on any atom is -0.497 e. The van der Waals surface area contributed by atoms with Crippen LogP contribution < -0.4 is 25.6 Å². The van der Waals surface area contributed by atoms with Crippen molar-refractivity contribution in [3.05, 3.63) is 23.8 Å². The van der Waals surface area contributed by atoms with Gasteiger partial charge < -0.3 is 14.8 Å². The van der Waals surface area contributed by atoms with E-state index in [4.69, 9.17) is 21.7 Å². The molecule has 7 heteroatoms. The highest BCUT2D eigenvalue weighted by molar-refractivity contribution is 7.80. The minimum atomic E-state index is -0.192. The zero-order valence-electron chi connectivity index (χ0n) is 15.9. The molecule has 3 atom stereocenters. The molecule has 1 aromatic carbocycles. The van der Waals surface area contributed by atoms with Crippen molar-refractivity contribution in [2.45, 2.75) is 45.6 Å². The molecule has 6 nitrogen and oxygen atoms in total. The van der Waals surface area contributed by atoms with Gasteiger partial charge >= 0.3 is 0 Å². The summed E-state index contributed by atoms with van der Waals surface area (Å²) in [7, 11) is 3.16. The number of nitrogens with one attached hydrogen (secondary N) is 3. The fourth-order valence-electron chi connectivity index (χ4n) is 3.33. The second-order valence-corrected chi connectivity index (χ2v) is 7.28. The summed E-state index contributed by atoms with van der Waals surface area (Å²) in [5, 5.41) is 3.77. The van der Waals surface area contributed by atoms with Gasteiger partial charge in [-0.15, -0.1) is 0 Å². The first-order chi connectivity index (χ1) is 12.4. The third-order valence-electron chi connectivity index (χ3n) is 5.18. The molecule has 0 aliphatic heterocycles. The zero-order chi connectivity index (χ0) is 19.1. The van der Waals surface area contributed by atoms with E-state index in [9.17, 15) is 4.79 Å². The average molecular weight is 380 g/mol. The van der Waals surface area contributed by atoms with E-state index in [0.717, 1.165) is 12.0 Å². The van der Waals surface area contributed by atoms with Gasteiger partial charge in [0.05, 0.1) is 20.6 Å². The van der Waals surface area contributed by atoms with Gasteiger partial charge in [0.15, 0.2) is 5.11 Å². The maximum Gasteiger partial charge on any atom is 0.242 e. The Bertz CT molecular complexity index is 638. The molecule has 0 heterocycles. The molecule has 1 fully saturated rings. The Hall–Kier alpha value is -2.02. The highest BCUT2D eigenvalue weighted by Gasteiger charge is 2.27. The van der Waals surface area contributed by atoms with Crippen molar-refractivity contribution < 1.29 is 14.3 Å². The molecule has 1 saturated carbocycles. The zero-order valence-corrected chi connectivity index (χ0v) is 16.7. The number of carbonyl (C=O) groups excluding carboxylic acids is 1. The Morgan fingerprint density at radius 1 is 1.19 bits per heavy atom. The third kappa shape index (κ3) is 5.49. The van der Waals surface area contributed by atoms with Crippen LogP contribution in [0.4, 0.5) is 0 Å².